The van der Waals surface area contributed by atoms with Crippen LogP contribution < -0.4 is 0 Å². The van der Waals surface area contributed by atoms with Gasteiger partial charge in [-0.1, -0.05) is 0 Å². The van der Waals surface area contributed by atoms with Gasteiger partial charge in [-0.2, -0.15) is 0 Å². The Morgan fingerprint density at radius 1 is 1.11 bits per heavy atom. The molecule has 6 N–H and O–H groups in total. The molecular formula is C8H17O10P. The predicted molar refractivity (Wildman–Crippen MR) is 58.9 cm³/mol. The van der Waals surface area contributed by atoms with Gasteiger partial charge in [0.2, 0.25) is 0 Å². The first kappa shape index (κ1) is 18.6. The van der Waals surface area contributed by atoms with Gasteiger partial charge >= 0.3 is 7.82 Å². The maximum atomic E-state index is 11.1. The number of hydrogen-bond acceptors (Lipinski definition) is 9. The molecule has 0 fully saturated rings. The first-order chi connectivity index (χ1) is 8.75. The first-order valence-electron chi connectivity index (χ1n) is 5.15. The molecule has 0 aromatic rings. The van der Waals surface area contributed by atoms with Crippen LogP contribution >= 0.6 is 7.82 Å². The third-order valence-electron chi connectivity index (χ3n) is 1.99. The molecule has 1 unspecified atom stereocenters. The van der Waals surface area contributed by atoms with Crippen LogP contribution in [0.25, 0.3) is 0 Å². The number of phosphoric ester groups is 1. The van der Waals surface area contributed by atoms with E-state index in [0.717, 1.165) is 0 Å². The van der Waals surface area contributed by atoms with Crippen molar-refractivity contribution in [2.45, 2.75) is 24.4 Å². The fourth-order valence-electron chi connectivity index (χ4n) is 0.973. The van der Waals surface area contributed by atoms with Crippen LogP contribution in [0.3, 0.4) is 0 Å². The van der Waals surface area contributed by atoms with E-state index in [0.29, 0.717) is 0 Å². The summed E-state index contributed by atoms with van der Waals surface area (Å²) in [6.07, 6.45) is -7.77. The Labute approximate surface area is 108 Å². The molecule has 0 bridgehead atoms. The normalized spacial score (nSPS) is 21.2. The number of rotatable bonds is 10. The van der Waals surface area contributed by atoms with E-state index in [1.165, 1.54) is 0 Å². The summed E-state index contributed by atoms with van der Waals surface area (Å²) in [5.41, 5.74) is 0. The van der Waals surface area contributed by atoms with E-state index in [1.54, 1.807) is 0 Å². The van der Waals surface area contributed by atoms with Crippen molar-refractivity contribution in [1.29, 1.82) is 0 Å². The molecule has 114 valence electrons. The molecule has 0 aromatic carbocycles. The molecule has 0 aliphatic carbocycles. The standard InChI is InChI=1S/C8H17O10P/c9-1-2-17-19(15,16)18-4-6(12)8(14)7(13)5(11)3-10/h3,5-9,11-14H,1-2,4H2,(H,15,16)/t5-,6+,7+,8+/m0/s1. The molecule has 10 nitrogen and oxygen atoms in total. The van der Waals surface area contributed by atoms with Crippen molar-refractivity contribution < 1.29 is 48.8 Å². The van der Waals surface area contributed by atoms with Crippen LogP contribution in [-0.2, 0) is 18.4 Å². The van der Waals surface area contributed by atoms with E-state index in [-0.39, 0.29) is 6.29 Å². The van der Waals surface area contributed by atoms with Crippen molar-refractivity contribution in [2.24, 2.45) is 0 Å². The molecule has 0 aromatic heterocycles. The second kappa shape index (κ2) is 8.69. The predicted octanol–water partition coefficient (Wildman–Crippen LogP) is -3.25. The van der Waals surface area contributed by atoms with Gasteiger partial charge in [-0.15, -0.1) is 0 Å². The van der Waals surface area contributed by atoms with E-state index < -0.39 is 52.1 Å². The number of phosphoric acid groups is 1. The number of aliphatic hydroxyl groups excluding tert-OH is 5. The summed E-state index contributed by atoms with van der Waals surface area (Å²) in [6.45, 7) is -1.90. The van der Waals surface area contributed by atoms with Gasteiger partial charge in [0.1, 0.15) is 24.4 Å². The summed E-state index contributed by atoms with van der Waals surface area (Å²) in [5.74, 6) is 0. The highest BCUT2D eigenvalue weighted by atomic mass is 31.2. The van der Waals surface area contributed by atoms with Gasteiger partial charge in [-0.3, -0.25) is 9.05 Å². The van der Waals surface area contributed by atoms with Gasteiger partial charge < -0.3 is 35.2 Å². The van der Waals surface area contributed by atoms with Crippen molar-refractivity contribution >= 4 is 14.1 Å². The highest BCUT2D eigenvalue weighted by Gasteiger charge is 2.32. The summed E-state index contributed by atoms with van der Waals surface area (Å²) in [6, 6.07) is 0. The Morgan fingerprint density at radius 2 is 1.68 bits per heavy atom. The van der Waals surface area contributed by atoms with Crippen LogP contribution in [-0.4, -0.2) is 80.9 Å². The maximum absolute atomic E-state index is 11.1. The fraction of sp³-hybridized carbons (Fsp3) is 0.875. The molecule has 19 heavy (non-hydrogen) atoms. The van der Waals surface area contributed by atoms with Crippen LogP contribution in [0.1, 0.15) is 0 Å². The van der Waals surface area contributed by atoms with Gasteiger partial charge in [0.25, 0.3) is 0 Å². The Kier molecular flexibility index (Phi) is 8.50. The van der Waals surface area contributed by atoms with Crippen molar-refractivity contribution in [3.63, 3.8) is 0 Å². The van der Waals surface area contributed by atoms with Crippen LogP contribution in [0.2, 0.25) is 0 Å². The lowest BCUT2D eigenvalue weighted by molar-refractivity contribution is -0.136. The van der Waals surface area contributed by atoms with E-state index in [2.05, 4.69) is 9.05 Å². The lowest BCUT2D eigenvalue weighted by atomic mass is 10.0. The largest absolute Gasteiger partial charge is 0.472 e. The van der Waals surface area contributed by atoms with E-state index in [1.807, 2.05) is 0 Å². The van der Waals surface area contributed by atoms with Gasteiger partial charge in [0.05, 0.1) is 19.8 Å². The summed E-state index contributed by atoms with van der Waals surface area (Å²) in [5, 5.41) is 45.1. The zero-order valence-electron chi connectivity index (χ0n) is 9.77. The monoisotopic (exact) mass is 304 g/mol. The first-order valence-corrected chi connectivity index (χ1v) is 6.65. The number of carbonyl (C=O) groups is 1. The molecule has 0 saturated heterocycles. The average Bonchev–Trinajstić information content (AvgIpc) is 2.40. The Balaban J connectivity index is 4.26. The molecule has 0 heterocycles. The van der Waals surface area contributed by atoms with Gasteiger partial charge in [-0.05, 0) is 0 Å². The fourth-order valence-corrected chi connectivity index (χ4v) is 1.70. The van der Waals surface area contributed by atoms with E-state index >= 15 is 0 Å². The highest BCUT2D eigenvalue weighted by Crippen LogP contribution is 2.43. The Morgan fingerprint density at radius 3 is 2.16 bits per heavy atom. The van der Waals surface area contributed by atoms with Crippen molar-refractivity contribution in [3.05, 3.63) is 0 Å². The molecule has 0 rings (SSSR count). The molecule has 5 atom stereocenters. The van der Waals surface area contributed by atoms with Crippen LogP contribution in [0.15, 0.2) is 0 Å². The van der Waals surface area contributed by atoms with Crippen molar-refractivity contribution in [1.82, 2.24) is 0 Å². The number of aliphatic hydroxyl groups is 5. The number of hydrogen-bond donors (Lipinski definition) is 6. The zero-order chi connectivity index (χ0) is 15.1. The van der Waals surface area contributed by atoms with Crippen LogP contribution in [0.5, 0.6) is 0 Å². The Hall–Kier alpha value is -0.420. The lowest BCUT2D eigenvalue weighted by Crippen LogP contribution is -2.46. The lowest BCUT2D eigenvalue weighted by Gasteiger charge is -2.24. The minimum atomic E-state index is -4.51. The molecule has 11 heteroatoms. The minimum absolute atomic E-state index is 0.0528. The summed E-state index contributed by atoms with van der Waals surface area (Å²) >= 11 is 0. The maximum Gasteiger partial charge on any atom is 0.472 e. The van der Waals surface area contributed by atoms with Crippen LogP contribution in [0.4, 0.5) is 0 Å². The molecule has 0 radical (unpaired) electrons. The van der Waals surface area contributed by atoms with E-state index in [4.69, 9.17) is 15.1 Å². The SMILES string of the molecule is O=C[C@H](O)[C@@H](O)[C@H](O)[C@H](O)COP(=O)(O)OCCO. The minimum Gasteiger partial charge on any atom is -0.394 e. The van der Waals surface area contributed by atoms with E-state index in [9.17, 15) is 24.7 Å². The molecule has 0 aliphatic heterocycles. The summed E-state index contributed by atoms with van der Waals surface area (Å²) < 4.78 is 19.6. The smallest absolute Gasteiger partial charge is 0.394 e. The third kappa shape index (κ3) is 7.06. The Bertz CT molecular complexity index is 310. The molecular weight excluding hydrogens is 287 g/mol. The molecule has 0 amide bonds. The van der Waals surface area contributed by atoms with Gasteiger partial charge in [-0.25, -0.2) is 4.57 Å². The molecule has 0 saturated carbocycles. The second-order valence-electron chi connectivity index (χ2n) is 3.50. The van der Waals surface area contributed by atoms with Crippen molar-refractivity contribution in [3.8, 4) is 0 Å². The zero-order valence-corrected chi connectivity index (χ0v) is 10.7. The highest BCUT2D eigenvalue weighted by molar-refractivity contribution is 7.47. The molecule has 0 spiro atoms. The summed E-state index contributed by atoms with van der Waals surface area (Å²) in [7, 11) is -4.51. The van der Waals surface area contributed by atoms with Crippen LogP contribution in [0, 0.1) is 0 Å². The van der Waals surface area contributed by atoms with Crippen molar-refractivity contribution in [2.75, 3.05) is 19.8 Å². The number of aldehydes is 1. The average molecular weight is 304 g/mol. The summed E-state index contributed by atoms with van der Waals surface area (Å²) in [4.78, 5) is 19.2. The van der Waals surface area contributed by atoms with Gasteiger partial charge in [0.15, 0.2) is 6.29 Å². The third-order valence-corrected chi connectivity index (χ3v) is 2.97. The van der Waals surface area contributed by atoms with Gasteiger partial charge in [0, 0.05) is 0 Å². The molecule has 0 aliphatic rings. The quantitative estimate of drug-likeness (QED) is 0.178. The number of carbonyl (C=O) groups excluding carboxylic acids is 1. The topological polar surface area (TPSA) is 174 Å². The second-order valence-corrected chi connectivity index (χ2v) is 4.95.